The molecule has 0 amide bonds. The highest BCUT2D eigenvalue weighted by Crippen LogP contribution is 2.34. The molecule has 1 aliphatic rings. The van der Waals surface area contributed by atoms with E-state index in [0.717, 1.165) is 19.1 Å². The van der Waals surface area contributed by atoms with Gasteiger partial charge in [0.25, 0.3) is 0 Å². The van der Waals surface area contributed by atoms with Crippen LogP contribution in [0.3, 0.4) is 0 Å². The number of benzene rings is 1. The fraction of sp³-hybridized carbons (Fsp3) is 0.667. The Bertz CT molecular complexity index is 410. The molecule has 1 aromatic carbocycles. The first kappa shape index (κ1) is 15.4. The smallest absolute Gasteiger partial charge is 0.0414 e. The first-order valence-corrected chi connectivity index (χ1v) is 8.33. The Hall–Kier alpha value is -1.02. The van der Waals surface area contributed by atoms with Crippen molar-refractivity contribution in [3.8, 4) is 0 Å². The van der Waals surface area contributed by atoms with Crippen molar-refractivity contribution in [3.63, 3.8) is 0 Å². The van der Waals surface area contributed by atoms with E-state index in [1.165, 1.54) is 55.5 Å². The van der Waals surface area contributed by atoms with Crippen LogP contribution in [0.2, 0.25) is 0 Å². The van der Waals surface area contributed by atoms with Gasteiger partial charge < -0.3 is 10.2 Å². The van der Waals surface area contributed by atoms with Gasteiger partial charge in [-0.15, -0.1) is 0 Å². The highest BCUT2D eigenvalue weighted by atomic mass is 15.2. The van der Waals surface area contributed by atoms with Crippen LogP contribution in [-0.2, 0) is 6.54 Å². The highest BCUT2D eigenvalue weighted by molar-refractivity contribution is 5.56. The van der Waals surface area contributed by atoms with Crippen molar-refractivity contribution in [3.05, 3.63) is 29.3 Å². The summed E-state index contributed by atoms with van der Waals surface area (Å²) < 4.78 is 0. The molecule has 2 nitrogen and oxygen atoms in total. The molecule has 0 unspecified atom stereocenters. The zero-order valence-corrected chi connectivity index (χ0v) is 13.4. The summed E-state index contributed by atoms with van der Waals surface area (Å²) in [5, 5.41) is 3.56. The Morgan fingerprint density at radius 1 is 1.20 bits per heavy atom. The molecule has 0 atom stereocenters. The number of nitrogens with zero attached hydrogens (tertiary/aromatic N) is 1. The van der Waals surface area contributed by atoms with Gasteiger partial charge in [-0.05, 0) is 50.8 Å². The Morgan fingerprint density at radius 3 is 2.65 bits per heavy atom. The van der Waals surface area contributed by atoms with E-state index >= 15 is 0 Å². The van der Waals surface area contributed by atoms with E-state index in [2.05, 4.69) is 49.2 Å². The third-order valence-electron chi connectivity index (χ3n) is 4.03. The number of aryl methyl sites for hydroxylation is 1. The van der Waals surface area contributed by atoms with E-state index in [1.807, 2.05) is 0 Å². The number of hydrogen-bond donors (Lipinski definition) is 1. The van der Waals surface area contributed by atoms with Crippen LogP contribution in [0.4, 0.5) is 5.69 Å². The van der Waals surface area contributed by atoms with Gasteiger partial charge in [0.2, 0.25) is 0 Å². The van der Waals surface area contributed by atoms with Crippen LogP contribution >= 0.6 is 0 Å². The Morgan fingerprint density at radius 2 is 2.00 bits per heavy atom. The van der Waals surface area contributed by atoms with Gasteiger partial charge in [-0.25, -0.2) is 0 Å². The second-order valence-corrected chi connectivity index (χ2v) is 6.09. The van der Waals surface area contributed by atoms with Gasteiger partial charge in [0, 0.05) is 24.8 Å². The van der Waals surface area contributed by atoms with Crippen molar-refractivity contribution >= 4 is 5.69 Å². The molecule has 2 rings (SSSR count). The molecular formula is C18H30N2. The molecule has 0 saturated heterocycles. The summed E-state index contributed by atoms with van der Waals surface area (Å²) in [6, 6.07) is 7.76. The van der Waals surface area contributed by atoms with Gasteiger partial charge in [0.1, 0.15) is 0 Å². The molecule has 0 aliphatic heterocycles. The van der Waals surface area contributed by atoms with E-state index in [1.54, 1.807) is 0 Å². The van der Waals surface area contributed by atoms with E-state index in [0.29, 0.717) is 0 Å². The fourth-order valence-electron chi connectivity index (χ4n) is 2.75. The van der Waals surface area contributed by atoms with Gasteiger partial charge in [-0.1, -0.05) is 38.0 Å². The van der Waals surface area contributed by atoms with Crippen molar-refractivity contribution in [2.75, 3.05) is 18.0 Å². The maximum atomic E-state index is 3.56. The van der Waals surface area contributed by atoms with Gasteiger partial charge in [0.05, 0.1) is 0 Å². The number of anilines is 1. The van der Waals surface area contributed by atoms with Crippen LogP contribution in [0.25, 0.3) is 0 Å². The quantitative estimate of drug-likeness (QED) is 0.677. The van der Waals surface area contributed by atoms with Crippen molar-refractivity contribution in [1.82, 2.24) is 5.32 Å². The Balaban J connectivity index is 2.14. The zero-order chi connectivity index (χ0) is 14.4. The van der Waals surface area contributed by atoms with Crippen molar-refractivity contribution in [2.24, 2.45) is 0 Å². The maximum absolute atomic E-state index is 3.56. The minimum absolute atomic E-state index is 0.800. The van der Waals surface area contributed by atoms with Crippen LogP contribution in [0.1, 0.15) is 57.1 Å². The van der Waals surface area contributed by atoms with Crippen LogP contribution in [0, 0.1) is 6.92 Å². The first-order valence-electron chi connectivity index (χ1n) is 8.33. The lowest BCUT2D eigenvalue weighted by Crippen LogP contribution is -2.28. The molecule has 0 spiro atoms. The molecule has 2 heteroatoms. The third-order valence-corrected chi connectivity index (χ3v) is 4.03. The monoisotopic (exact) mass is 274 g/mol. The predicted octanol–water partition coefficient (Wildman–Crippen LogP) is 4.26. The van der Waals surface area contributed by atoms with Crippen LogP contribution in [0.5, 0.6) is 0 Å². The van der Waals surface area contributed by atoms with E-state index in [-0.39, 0.29) is 0 Å². The molecule has 1 saturated carbocycles. The SMILES string of the molecule is CCCCN(c1ccc(C)cc1CNCCC)C1CC1. The molecule has 0 heterocycles. The maximum Gasteiger partial charge on any atom is 0.0414 e. The average Bonchev–Trinajstić information content (AvgIpc) is 3.26. The number of unbranched alkanes of at least 4 members (excludes halogenated alkanes) is 1. The van der Waals surface area contributed by atoms with Gasteiger partial charge >= 0.3 is 0 Å². The number of hydrogen-bond acceptors (Lipinski definition) is 2. The fourth-order valence-corrected chi connectivity index (χ4v) is 2.75. The molecule has 112 valence electrons. The largest absolute Gasteiger partial charge is 0.368 e. The summed E-state index contributed by atoms with van der Waals surface area (Å²) >= 11 is 0. The topological polar surface area (TPSA) is 15.3 Å². The standard InChI is InChI=1S/C18H30N2/c1-4-6-12-20(17-8-9-17)18-10-7-15(3)13-16(18)14-19-11-5-2/h7,10,13,17,19H,4-6,8-9,11-12,14H2,1-3H3. The van der Waals surface area contributed by atoms with Crippen molar-refractivity contribution in [1.29, 1.82) is 0 Å². The molecule has 20 heavy (non-hydrogen) atoms. The van der Waals surface area contributed by atoms with E-state index in [9.17, 15) is 0 Å². The average molecular weight is 274 g/mol. The molecule has 1 fully saturated rings. The lowest BCUT2D eigenvalue weighted by Gasteiger charge is -2.27. The molecular weight excluding hydrogens is 244 g/mol. The predicted molar refractivity (Wildman–Crippen MR) is 88.5 cm³/mol. The zero-order valence-electron chi connectivity index (χ0n) is 13.4. The summed E-state index contributed by atoms with van der Waals surface area (Å²) in [4.78, 5) is 2.66. The van der Waals surface area contributed by atoms with Gasteiger partial charge in [-0.3, -0.25) is 0 Å². The lowest BCUT2D eigenvalue weighted by atomic mass is 10.1. The summed E-state index contributed by atoms with van der Waals surface area (Å²) in [5.41, 5.74) is 4.31. The summed E-state index contributed by atoms with van der Waals surface area (Å²) in [5.74, 6) is 0. The van der Waals surface area contributed by atoms with Crippen LogP contribution < -0.4 is 10.2 Å². The molecule has 1 aromatic rings. The van der Waals surface area contributed by atoms with E-state index in [4.69, 9.17) is 0 Å². The molecule has 1 aliphatic carbocycles. The van der Waals surface area contributed by atoms with Gasteiger partial charge in [0.15, 0.2) is 0 Å². The first-order chi connectivity index (χ1) is 9.76. The summed E-state index contributed by atoms with van der Waals surface area (Å²) in [6.45, 7) is 10.0. The highest BCUT2D eigenvalue weighted by Gasteiger charge is 2.29. The lowest BCUT2D eigenvalue weighted by molar-refractivity contribution is 0.665. The molecule has 0 radical (unpaired) electrons. The third kappa shape index (κ3) is 4.24. The van der Waals surface area contributed by atoms with Crippen LogP contribution in [-0.4, -0.2) is 19.1 Å². The number of nitrogens with one attached hydrogen (secondary N) is 1. The van der Waals surface area contributed by atoms with Crippen LogP contribution in [0.15, 0.2) is 18.2 Å². The Labute approximate surface area is 124 Å². The summed E-state index contributed by atoms with van der Waals surface area (Å²) in [7, 11) is 0. The minimum Gasteiger partial charge on any atom is -0.368 e. The van der Waals surface area contributed by atoms with Crippen molar-refractivity contribution < 1.29 is 0 Å². The molecule has 0 bridgehead atoms. The molecule has 0 aromatic heterocycles. The van der Waals surface area contributed by atoms with Gasteiger partial charge in [-0.2, -0.15) is 0 Å². The number of rotatable bonds is 9. The summed E-state index contributed by atoms with van der Waals surface area (Å²) in [6.07, 6.45) is 6.52. The second kappa shape index (κ2) is 7.68. The second-order valence-electron chi connectivity index (χ2n) is 6.09. The van der Waals surface area contributed by atoms with Crippen molar-refractivity contribution in [2.45, 2.75) is 65.5 Å². The normalized spacial score (nSPS) is 14.6. The minimum atomic E-state index is 0.800. The Kier molecular flexibility index (Phi) is 5.90. The molecule has 1 N–H and O–H groups in total. The van der Waals surface area contributed by atoms with E-state index < -0.39 is 0 Å².